The van der Waals surface area contributed by atoms with Crippen molar-refractivity contribution in [1.29, 1.82) is 0 Å². The van der Waals surface area contributed by atoms with Crippen LogP contribution < -0.4 is 10.2 Å². The molecule has 1 N–H and O–H groups in total. The largest absolute Gasteiger partial charge is 0.360 e. The fraction of sp³-hybridized carbons (Fsp3) is 0.267. The Labute approximate surface area is 133 Å². The number of benzene rings is 1. The summed E-state index contributed by atoms with van der Waals surface area (Å²) in [5, 5.41) is 7.01. The SMILES string of the molecule is CC(=O)N(CC(=O)Nc1ccc(C)c(Cl)c1)c1cc(C)on1. The van der Waals surface area contributed by atoms with E-state index in [0.717, 1.165) is 5.56 Å². The van der Waals surface area contributed by atoms with Crippen LogP contribution in [0.15, 0.2) is 28.8 Å². The molecule has 2 amide bonds. The maximum absolute atomic E-state index is 12.1. The molecule has 0 fully saturated rings. The molecule has 22 heavy (non-hydrogen) atoms. The van der Waals surface area contributed by atoms with Gasteiger partial charge in [0.25, 0.3) is 0 Å². The zero-order chi connectivity index (χ0) is 16.3. The summed E-state index contributed by atoms with van der Waals surface area (Å²) in [7, 11) is 0. The van der Waals surface area contributed by atoms with Gasteiger partial charge in [-0.25, -0.2) is 0 Å². The highest BCUT2D eigenvalue weighted by Gasteiger charge is 2.19. The zero-order valence-electron chi connectivity index (χ0n) is 12.5. The lowest BCUT2D eigenvalue weighted by Crippen LogP contribution is -2.36. The molecule has 1 heterocycles. The molecular weight excluding hydrogens is 306 g/mol. The Bertz CT molecular complexity index is 712. The molecule has 0 spiro atoms. The van der Waals surface area contributed by atoms with Crippen molar-refractivity contribution in [1.82, 2.24) is 5.16 Å². The van der Waals surface area contributed by atoms with E-state index in [1.165, 1.54) is 11.8 Å². The predicted molar refractivity (Wildman–Crippen MR) is 84.1 cm³/mol. The number of anilines is 2. The van der Waals surface area contributed by atoms with Gasteiger partial charge in [-0.15, -0.1) is 0 Å². The summed E-state index contributed by atoms with van der Waals surface area (Å²) in [5.41, 5.74) is 1.49. The highest BCUT2D eigenvalue weighted by Crippen LogP contribution is 2.20. The second kappa shape index (κ2) is 6.62. The van der Waals surface area contributed by atoms with Gasteiger partial charge in [0.2, 0.25) is 11.8 Å². The van der Waals surface area contributed by atoms with Gasteiger partial charge in [-0.2, -0.15) is 0 Å². The van der Waals surface area contributed by atoms with Crippen molar-refractivity contribution in [2.24, 2.45) is 0 Å². The quantitative estimate of drug-likeness (QED) is 0.939. The third-order valence-corrected chi connectivity index (χ3v) is 3.44. The highest BCUT2D eigenvalue weighted by molar-refractivity contribution is 6.31. The molecule has 1 aromatic carbocycles. The second-order valence-corrected chi connectivity index (χ2v) is 5.32. The summed E-state index contributed by atoms with van der Waals surface area (Å²) in [6.45, 7) is 4.79. The molecule has 0 unspecified atom stereocenters. The summed E-state index contributed by atoms with van der Waals surface area (Å²) in [5.74, 6) is 0.218. The lowest BCUT2D eigenvalue weighted by molar-refractivity contribution is -0.120. The number of nitrogens with zero attached hydrogens (tertiary/aromatic N) is 2. The number of carbonyl (C=O) groups is 2. The first-order valence-corrected chi connectivity index (χ1v) is 7.02. The van der Waals surface area contributed by atoms with E-state index in [0.29, 0.717) is 22.3 Å². The van der Waals surface area contributed by atoms with E-state index in [1.807, 2.05) is 13.0 Å². The lowest BCUT2D eigenvalue weighted by Gasteiger charge is -2.17. The van der Waals surface area contributed by atoms with Gasteiger partial charge in [0.15, 0.2) is 5.82 Å². The van der Waals surface area contributed by atoms with Crippen LogP contribution in [0.5, 0.6) is 0 Å². The average Bonchev–Trinajstić information content (AvgIpc) is 2.86. The van der Waals surface area contributed by atoms with Gasteiger partial charge in [0.05, 0.1) is 0 Å². The Hall–Kier alpha value is -2.34. The average molecular weight is 322 g/mol. The molecule has 2 aromatic rings. The summed E-state index contributed by atoms with van der Waals surface area (Å²) < 4.78 is 4.93. The summed E-state index contributed by atoms with van der Waals surface area (Å²) in [6.07, 6.45) is 0. The number of aryl methyl sites for hydroxylation is 2. The minimum Gasteiger partial charge on any atom is -0.360 e. The van der Waals surface area contributed by atoms with E-state index in [9.17, 15) is 9.59 Å². The molecule has 116 valence electrons. The highest BCUT2D eigenvalue weighted by atomic mass is 35.5. The van der Waals surface area contributed by atoms with Crippen molar-refractivity contribution in [3.8, 4) is 0 Å². The monoisotopic (exact) mass is 321 g/mol. The molecule has 1 aromatic heterocycles. The van der Waals surface area contributed by atoms with Gasteiger partial charge >= 0.3 is 0 Å². The molecule has 6 nitrogen and oxygen atoms in total. The number of hydrogen-bond donors (Lipinski definition) is 1. The Morgan fingerprint density at radius 2 is 2.05 bits per heavy atom. The van der Waals surface area contributed by atoms with Crippen molar-refractivity contribution in [2.45, 2.75) is 20.8 Å². The third kappa shape index (κ3) is 3.85. The Balaban J connectivity index is 2.08. The zero-order valence-corrected chi connectivity index (χ0v) is 13.3. The Morgan fingerprint density at radius 1 is 1.32 bits per heavy atom. The van der Waals surface area contributed by atoms with Gasteiger partial charge in [0, 0.05) is 23.7 Å². The van der Waals surface area contributed by atoms with Crippen LogP contribution in [-0.4, -0.2) is 23.5 Å². The van der Waals surface area contributed by atoms with Crippen molar-refractivity contribution in [3.63, 3.8) is 0 Å². The van der Waals surface area contributed by atoms with E-state index < -0.39 is 0 Å². The van der Waals surface area contributed by atoms with Crippen LogP contribution >= 0.6 is 11.6 Å². The van der Waals surface area contributed by atoms with E-state index in [4.69, 9.17) is 16.1 Å². The molecule has 0 bridgehead atoms. The first-order chi connectivity index (χ1) is 10.4. The maximum atomic E-state index is 12.1. The number of hydrogen-bond acceptors (Lipinski definition) is 4. The molecule has 0 atom stereocenters. The van der Waals surface area contributed by atoms with Crippen molar-refractivity contribution in [3.05, 3.63) is 40.6 Å². The molecule has 0 aliphatic carbocycles. The first-order valence-electron chi connectivity index (χ1n) is 6.64. The van der Waals surface area contributed by atoms with Crippen LogP contribution in [0.2, 0.25) is 5.02 Å². The number of rotatable bonds is 4. The van der Waals surface area contributed by atoms with Gasteiger partial charge in [-0.05, 0) is 31.5 Å². The summed E-state index contributed by atoms with van der Waals surface area (Å²) in [6, 6.07) is 6.81. The van der Waals surface area contributed by atoms with Gasteiger partial charge in [-0.1, -0.05) is 22.8 Å². The van der Waals surface area contributed by atoms with Crippen LogP contribution in [0.1, 0.15) is 18.2 Å². The lowest BCUT2D eigenvalue weighted by atomic mass is 10.2. The number of carbonyl (C=O) groups excluding carboxylic acids is 2. The van der Waals surface area contributed by atoms with Gasteiger partial charge in [0.1, 0.15) is 12.3 Å². The fourth-order valence-electron chi connectivity index (χ4n) is 1.85. The minimum absolute atomic E-state index is 0.160. The first kappa shape index (κ1) is 16.0. The topological polar surface area (TPSA) is 75.4 Å². The molecule has 0 saturated heterocycles. The number of amides is 2. The molecule has 0 aliphatic heterocycles. The van der Waals surface area contributed by atoms with Crippen LogP contribution in [0.4, 0.5) is 11.5 Å². The van der Waals surface area contributed by atoms with Crippen molar-refractivity contribution >= 4 is 34.9 Å². The van der Waals surface area contributed by atoms with E-state index in [-0.39, 0.29) is 18.4 Å². The third-order valence-electron chi connectivity index (χ3n) is 3.03. The maximum Gasteiger partial charge on any atom is 0.244 e. The van der Waals surface area contributed by atoms with Crippen molar-refractivity contribution < 1.29 is 14.1 Å². The minimum atomic E-state index is -0.351. The van der Waals surface area contributed by atoms with Gasteiger partial charge in [-0.3, -0.25) is 14.5 Å². The molecule has 0 aliphatic rings. The summed E-state index contributed by atoms with van der Waals surface area (Å²) in [4.78, 5) is 25.0. The number of aromatic nitrogens is 1. The Morgan fingerprint density at radius 3 is 2.59 bits per heavy atom. The standard InChI is InChI=1S/C15H16ClN3O3/c1-9-4-5-12(7-13(9)16)17-15(21)8-19(11(3)20)14-6-10(2)22-18-14/h4-7H,8H2,1-3H3,(H,17,21). The molecule has 2 rings (SSSR count). The van der Waals surface area contributed by atoms with Crippen LogP contribution in [-0.2, 0) is 9.59 Å². The molecule has 0 saturated carbocycles. The molecule has 7 heteroatoms. The second-order valence-electron chi connectivity index (χ2n) is 4.91. The summed E-state index contributed by atoms with van der Waals surface area (Å²) >= 11 is 6.01. The molecule has 0 radical (unpaired) electrons. The fourth-order valence-corrected chi connectivity index (χ4v) is 2.03. The van der Waals surface area contributed by atoms with Crippen LogP contribution in [0.3, 0.4) is 0 Å². The van der Waals surface area contributed by atoms with Gasteiger partial charge < -0.3 is 9.84 Å². The number of nitrogens with one attached hydrogen (secondary N) is 1. The number of halogens is 1. The van der Waals surface area contributed by atoms with Crippen molar-refractivity contribution in [2.75, 3.05) is 16.8 Å². The van der Waals surface area contributed by atoms with Crippen LogP contribution in [0.25, 0.3) is 0 Å². The Kier molecular flexibility index (Phi) is 4.82. The van der Waals surface area contributed by atoms with E-state index >= 15 is 0 Å². The molecular formula is C15H16ClN3O3. The van der Waals surface area contributed by atoms with E-state index in [2.05, 4.69) is 10.5 Å². The van der Waals surface area contributed by atoms with Crippen LogP contribution in [0, 0.1) is 13.8 Å². The smallest absolute Gasteiger partial charge is 0.244 e. The van der Waals surface area contributed by atoms with E-state index in [1.54, 1.807) is 25.1 Å². The normalized spacial score (nSPS) is 10.4. The predicted octanol–water partition coefficient (Wildman–Crippen LogP) is 2.94.